The number of carbonyl (C=O) groups is 2. The molecule has 0 bridgehead atoms. The Morgan fingerprint density at radius 2 is 1.62 bits per heavy atom. The van der Waals surface area contributed by atoms with Gasteiger partial charge >= 0.3 is 11.9 Å². The van der Waals surface area contributed by atoms with Gasteiger partial charge in [-0.3, -0.25) is 9.59 Å². The lowest BCUT2D eigenvalue weighted by molar-refractivity contribution is -0.147. The van der Waals surface area contributed by atoms with Gasteiger partial charge in [0.15, 0.2) is 0 Å². The van der Waals surface area contributed by atoms with Gasteiger partial charge in [0.25, 0.3) is 0 Å². The second-order valence-corrected chi connectivity index (χ2v) is 5.43. The summed E-state index contributed by atoms with van der Waals surface area (Å²) in [6.07, 6.45) is -0.348. The molecular formula is C14H24N6O4. The van der Waals surface area contributed by atoms with Crippen molar-refractivity contribution >= 4 is 23.8 Å². The van der Waals surface area contributed by atoms with Gasteiger partial charge in [-0.15, -0.1) is 0 Å². The van der Waals surface area contributed by atoms with Crippen molar-refractivity contribution in [2.45, 2.75) is 19.4 Å². The molecule has 1 heterocycles. The highest BCUT2D eigenvalue weighted by Crippen LogP contribution is 2.10. The Hall–Kier alpha value is -2.49. The number of hydrogen-bond donors (Lipinski definition) is 2. The van der Waals surface area contributed by atoms with E-state index in [0.29, 0.717) is 30.8 Å². The summed E-state index contributed by atoms with van der Waals surface area (Å²) in [5.41, 5.74) is 0. The molecule has 1 rings (SSSR count). The number of aliphatic carboxylic acids is 1. The zero-order valence-corrected chi connectivity index (χ0v) is 14.4. The summed E-state index contributed by atoms with van der Waals surface area (Å²) < 4.78 is 4.92. The van der Waals surface area contributed by atoms with E-state index in [9.17, 15) is 9.59 Å². The van der Waals surface area contributed by atoms with Gasteiger partial charge in [-0.05, 0) is 0 Å². The van der Waals surface area contributed by atoms with Crippen LogP contribution in [0.25, 0.3) is 0 Å². The fraction of sp³-hybridized carbons (Fsp3) is 0.643. The van der Waals surface area contributed by atoms with Gasteiger partial charge in [0.1, 0.15) is 12.4 Å². The van der Waals surface area contributed by atoms with E-state index in [2.05, 4.69) is 20.3 Å². The van der Waals surface area contributed by atoms with Crippen molar-refractivity contribution < 1.29 is 19.4 Å². The van der Waals surface area contributed by atoms with Crippen molar-refractivity contribution in [1.82, 2.24) is 20.3 Å². The molecule has 10 heteroatoms. The zero-order chi connectivity index (χ0) is 18.1. The molecule has 10 nitrogen and oxygen atoms in total. The van der Waals surface area contributed by atoms with Crippen LogP contribution in [0.15, 0.2) is 0 Å². The van der Waals surface area contributed by atoms with Gasteiger partial charge in [-0.2, -0.15) is 15.0 Å². The van der Waals surface area contributed by atoms with Crippen LogP contribution in [0.2, 0.25) is 0 Å². The summed E-state index contributed by atoms with van der Waals surface area (Å²) in [7, 11) is 7.40. The molecule has 0 aromatic carbocycles. The van der Waals surface area contributed by atoms with Crippen LogP contribution in [0, 0.1) is 0 Å². The Kier molecular flexibility index (Phi) is 7.83. The van der Waals surface area contributed by atoms with E-state index < -0.39 is 11.9 Å². The van der Waals surface area contributed by atoms with Crippen molar-refractivity contribution in [3.63, 3.8) is 0 Å². The molecule has 0 spiro atoms. The Bertz CT molecular complexity index is 538. The highest BCUT2D eigenvalue weighted by Gasteiger charge is 2.10. The van der Waals surface area contributed by atoms with Crippen LogP contribution in [0.3, 0.4) is 0 Å². The summed E-state index contributed by atoms with van der Waals surface area (Å²) in [4.78, 5) is 38.2. The summed E-state index contributed by atoms with van der Waals surface area (Å²) in [5, 5.41) is 11.5. The first-order valence-corrected chi connectivity index (χ1v) is 7.47. The van der Waals surface area contributed by atoms with Gasteiger partial charge in [0.05, 0.1) is 19.4 Å². The molecule has 0 saturated heterocycles. The summed E-state index contributed by atoms with van der Waals surface area (Å²) in [6, 6.07) is 0. The lowest BCUT2D eigenvalue weighted by atomic mass is 10.3. The van der Waals surface area contributed by atoms with E-state index >= 15 is 0 Å². The number of carboxylic acid groups (broad SMARTS) is 1. The third kappa shape index (κ3) is 7.18. The Morgan fingerprint density at radius 1 is 1.04 bits per heavy atom. The number of rotatable bonds is 10. The molecule has 24 heavy (non-hydrogen) atoms. The second kappa shape index (κ2) is 9.60. The summed E-state index contributed by atoms with van der Waals surface area (Å²) >= 11 is 0. The Morgan fingerprint density at radius 3 is 2.12 bits per heavy atom. The minimum absolute atomic E-state index is 0.124. The largest absolute Gasteiger partial charge is 0.481 e. The van der Waals surface area contributed by atoms with Crippen molar-refractivity contribution in [3.8, 4) is 0 Å². The third-order valence-corrected chi connectivity index (χ3v) is 2.83. The molecule has 1 aromatic heterocycles. The molecule has 0 radical (unpaired) electrons. The number of nitrogens with one attached hydrogen (secondary N) is 1. The maximum atomic E-state index is 11.3. The minimum atomic E-state index is -1.02. The van der Waals surface area contributed by atoms with Crippen LogP contribution in [0.5, 0.6) is 0 Å². The number of carboxylic acids is 1. The number of aromatic nitrogens is 3. The molecule has 134 valence electrons. The average molecular weight is 340 g/mol. The predicted octanol–water partition coefficient (Wildman–Crippen LogP) is -0.499. The number of carbonyl (C=O) groups excluding carboxylic acids is 1. The SMILES string of the molecule is CN(C)c1nc(CNCCOC(=O)CCC(=O)O)nc(N(C)C)n1. The standard InChI is InChI=1S/C14H24N6O4/c1-19(2)13-16-10(17-14(18-13)20(3)4)9-15-7-8-24-12(23)6-5-11(21)22/h15H,5-9H2,1-4H3,(H,21,22). The van der Waals surface area contributed by atoms with E-state index in [4.69, 9.17) is 9.84 Å². The van der Waals surface area contributed by atoms with Crippen LogP contribution in [0.4, 0.5) is 11.9 Å². The molecular weight excluding hydrogens is 316 g/mol. The molecule has 0 aliphatic rings. The number of nitrogens with zero attached hydrogens (tertiary/aromatic N) is 5. The van der Waals surface area contributed by atoms with Gasteiger partial charge < -0.3 is 25.0 Å². The predicted molar refractivity (Wildman–Crippen MR) is 88.0 cm³/mol. The first-order chi connectivity index (χ1) is 11.3. The average Bonchev–Trinajstić information content (AvgIpc) is 2.52. The second-order valence-electron chi connectivity index (χ2n) is 5.43. The maximum absolute atomic E-state index is 11.3. The van der Waals surface area contributed by atoms with Gasteiger partial charge in [0.2, 0.25) is 11.9 Å². The fourth-order valence-corrected chi connectivity index (χ4v) is 1.59. The molecule has 0 aliphatic carbocycles. The smallest absolute Gasteiger partial charge is 0.306 e. The zero-order valence-electron chi connectivity index (χ0n) is 14.4. The van der Waals surface area contributed by atoms with E-state index in [1.165, 1.54) is 0 Å². The summed E-state index contributed by atoms with van der Waals surface area (Å²) in [6.45, 7) is 0.973. The molecule has 0 aliphatic heterocycles. The quantitative estimate of drug-likeness (QED) is 0.426. The van der Waals surface area contributed by atoms with Gasteiger partial charge in [-0.25, -0.2) is 0 Å². The van der Waals surface area contributed by atoms with Crippen LogP contribution < -0.4 is 15.1 Å². The number of esters is 1. The Balaban J connectivity index is 2.42. The number of anilines is 2. The molecule has 0 saturated carbocycles. The topological polar surface area (TPSA) is 121 Å². The molecule has 0 unspecified atom stereocenters. The minimum Gasteiger partial charge on any atom is -0.481 e. The highest BCUT2D eigenvalue weighted by atomic mass is 16.5. The lowest BCUT2D eigenvalue weighted by Crippen LogP contribution is -2.25. The van der Waals surface area contributed by atoms with Crippen molar-refractivity contribution in [1.29, 1.82) is 0 Å². The van der Waals surface area contributed by atoms with E-state index in [1.807, 2.05) is 28.2 Å². The fourth-order valence-electron chi connectivity index (χ4n) is 1.59. The first kappa shape index (κ1) is 19.6. The molecule has 0 amide bonds. The summed E-state index contributed by atoms with van der Waals surface area (Å²) in [5.74, 6) is 0.156. The monoisotopic (exact) mass is 340 g/mol. The van der Waals surface area contributed by atoms with Crippen LogP contribution in [-0.4, -0.2) is 73.3 Å². The first-order valence-electron chi connectivity index (χ1n) is 7.47. The molecule has 0 fully saturated rings. The highest BCUT2D eigenvalue weighted by molar-refractivity contribution is 5.76. The number of hydrogen-bond acceptors (Lipinski definition) is 9. The molecule has 0 atom stereocenters. The molecule has 1 aromatic rings. The van der Waals surface area contributed by atoms with Gasteiger partial charge in [-0.1, -0.05) is 0 Å². The van der Waals surface area contributed by atoms with E-state index in [0.717, 1.165) is 0 Å². The molecule has 2 N–H and O–H groups in total. The van der Waals surface area contributed by atoms with Crippen molar-refractivity contribution in [2.24, 2.45) is 0 Å². The van der Waals surface area contributed by atoms with E-state index in [-0.39, 0.29) is 19.4 Å². The van der Waals surface area contributed by atoms with Crippen molar-refractivity contribution in [3.05, 3.63) is 5.82 Å². The van der Waals surface area contributed by atoms with E-state index in [1.54, 1.807) is 9.80 Å². The maximum Gasteiger partial charge on any atom is 0.306 e. The van der Waals surface area contributed by atoms with Crippen LogP contribution in [0.1, 0.15) is 18.7 Å². The normalized spacial score (nSPS) is 10.3. The van der Waals surface area contributed by atoms with Crippen LogP contribution >= 0.6 is 0 Å². The Labute approximate surface area is 140 Å². The lowest BCUT2D eigenvalue weighted by Gasteiger charge is -2.16. The number of ether oxygens (including phenoxy) is 1. The van der Waals surface area contributed by atoms with Crippen LogP contribution in [-0.2, 0) is 20.9 Å². The van der Waals surface area contributed by atoms with Crippen molar-refractivity contribution in [2.75, 3.05) is 51.1 Å². The third-order valence-electron chi connectivity index (χ3n) is 2.83. The van der Waals surface area contributed by atoms with Gasteiger partial charge in [0, 0.05) is 34.7 Å².